The average Bonchev–Trinajstić information content (AvgIpc) is 2.45. The van der Waals surface area contributed by atoms with Crippen LogP contribution in [0.25, 0.3) is 10.9 Å². The Hall–Kier alpha value is -2.14. The van der Waals surface area contributed by atoms with Crippen molar-refractivity contribution >= 4 is 22.6 Å². The molecule has 0 atom stereocenters. The molecule has 1 amide bonds. The van der Waals surface area contributed by atoms with Gasteiger partial charge in [-0.3, -0.25) is 4.79 Å². The molecule has 1 aromatic carbocycles. The molecule has 0 spiro atoms. The molecule has 2 N–H and O–H groups in total. The highest BCUT2D eigenvalue weighted by Crippen LogP contribution is 2.22. The molecule has 5 nitrogen and oxygen atoms in total. The van der Waals surface area contributed by atoms with Crippen molar-refractivity contribution in [3.63, 3.8) is 0 Å². The Balaban J connectivity index is 2.42. The van der Waals surface area contributed by atoms with Gasteiger partial charge >= 0.3 is 0 Å². The fourth-order valence-electron chi connectivity index (χ4n) is 1.97. The molecule has 0 fully saturated rings. The van der Waals surface area contributed by atoms with E-state index in [0.717, 1.165) is 10.9 Å². The lowest BCUT2D eigenvalue weighted by molar-refractivity contribution is -0.119. The molecule has 0 aliphatic carbocycles. The Labute approximate surface area is 111 Å². The van der Waals surface area contributed by atoms with Gasteiger partial charge in [-0.05, 0) is 12.1 Å². The molecule has 0 radical (unpaired) electrons. The predicted molar refractivity (Wildman–Crippen MR) is 75.0 cm³/mol. The summed E-state index contributed by atoms with van der Waals surface area (Å²) in [6.45, 7) is 0.0973. The van der Waals surface area contributed by atoms with Crippen LogP contribution in [-0.2, 0) is 11.4 Å². The molecule has 2 aromatic rings. The number of benzene rings is 1. The molecule has 0 saturated carbocycles. The van der Waals surface area contributed by atoms with Crippen molar-refractivity contribution < 1.29 is 9.90 Å². The molecule has 5 heteroatoms. The van der Waals surface area contributed by atoms with Crippen molar-refractivity contribution in [1.82, 2.24) is 10.3 Å². The lowest BCUT2D eigenvalue weighted by Crippen LogP contribution is -2.33. The quantitative estimate of drug-likeness (QED) is 0.856. The summed E-state index contributed by atoms with van der Waals surface area (Å²) in [6, 6.07) is 9.60. The first-order valence-corrected chi connectivity index (χ1v) is 6.07. The third kappa shape index (κ3) is 2.82. The van der Waals surface area contributed by atoms with Crippen molar-refractivity contribution in [3.05, 3.63) is 35.9 Å². The first kappa shape index (κ1) is 13.3. The Morgan fingerprint density at radius 3 is 2.84 bits per heavy atom. The van der Waals surface area contributed by atoms with Crippen LogP contribution < -0.4 is 10.2 Å². The van der Waals surface area contributed by atoms with Gasteiger partial charge in [0.15, 0.2) is 0 Å². The minimum absolute atomic E-state index is 0.0960. The zero-order valence-corrected chi connectivity index (χ0v) is 11.1. The molecular formula is C14H17N3O2. The fourth-order valence-corrected chi connectivity index (χ4v) is 1.97. The molecule has 19 heavy (non-hydrogen) atoms. The summed E-state index contributed by atoms with van der Waals surface area (Å²) >= 11 is 0. The SMILES string of the molecule is CNC(=O)CN(C)c1nc2ccccc2cc1CO. The maximum absolute atomic E-state index is 11.4. The highest BCUT2D eigenvalue weighted by atomic mass is 16.3. The fraction of sp³-hybridized carbons (Fsp3) is 0.286. The van der Waals surface area contributed by atoms with E-state index < -0.39 is 0 Å². The average molecular weight is 259 g/mol. The summed E-state index contributed by atoms with van der Waals surface area (Å²) in [4.78, 5) is 17.7. The van der Waals surface area contributed by atoms with E-state index in [1.807, 2.05) is 30.3 Å². The maximum atomic E-state index is 11.4. The summed E-state index contributed by atoms with van der Waals surface area (Å²) in [7, 11) is 3.38. The maximum Gasteiger partial charge on any atom is 0.239 e. The summed E-state index contributed by atoms with van der Waals surface area (Å²) in [5.74, 6) is 0.533. The Bertz CT molecular complexity index is 598. The van der Waals surface area contributed by atoms with Crippen LogP contribution in [0.15, 0.2) is 30.3 Å². The topological polar surface area (TPSA) is 65.5 Å². The molecule has 2 rings (SSSR count). The number of hydrogen-bond acceptors (Lipinski definition) is 4. The van der Waals surface area contributed by atoms with Crippen LogP contribution in [0, 0.1) is 0 Å². The number of fused-ring (bicyclic) bond motifs is 1. The number of rotatable bonds is 4. The van der Waals surface area contributed by atoms with Gasteiger partial charge in [0.25, 0.3) is 0 Å². The summed E-state index contributed by atoms with van der Waals surface area (Å²) in [5, 5.41) is 13.0. The van der Waals surface area contributed by atoms with Crippen LogP contribution in [0.4, 0.5) is 5.82 Å². The van der Waals surface area contributed by atoms with Crippen molar-refractivity contribution in [2.24, 2.45) is 0 Å². The number of anilines is 1. The van der Waals surface area contributed by atoms with E-state index in [1.165, 1.54) is 0 Å². The van der Waals surface area contributed by atoms with E-state index in [2.05, 4.69) is 10.3 Å². The highest BCUT2D eigenvalue weighted by molar-refractivity contribution is 5.84. The molecule has 1 aromatic heterocycles. The molecule has 0 unspecified atom stereocenters. The third-order valence-corrected chi connectivity index (χ3v) is 2.97. The largest absolute Gasteiger partial charge is 0.392 e. The van der Waals surface area contributed by atoms with E-state index in [1.54, 1.807) is 19.0 Å². The second-order valence-electron chi connectivity index (χ2n) is 4.35. The number of carbonyl (C=O) groups is 1. The van der Waals surface area contributed by atoms with Gasteiger partial charge in [-0.1, -0.05) is 18.2 Å². The summed E-state index contributed by atoms with van der Waals surface area (Å²) in [6.07, 6.45) is 0. The van der Waals surface area contributed by atoms with Gasteiger partial charge in [0.05, 0.1) is 18.7 Å². The van der Waals surface area contributed by atoms with Gasteiger partial charge in [-0.15, -0.1) is 0 Å². The molecule has 0 aliphatic heterocycles. The second-order valence-corrected chi connectivity index (χ2v) is 4.35. The zero-order chi connectivity index (χ0) is 13.8. The van der Waals surface area contributed by atoms with Crippen molar-refractivity contribution in [1.29, 1.82) is 0 Å². The number of hydrogen-bond donors (Lipinski definition) is 2. The lowest BCUT2D eigenvalue weighted by atomic mass is 10.1. The van der Waals surface area contributed by atoms with Gasteiger partial charge in [-0.2, -0.15) is 0 Å². The van der Waals surface area contributed by atoms with Gasteiger partial charge in [0.1, 0.15) is 5.82 Å². The Kier molecular flexibility index (Phi) is 3.97. The number of aliphatic hydroxyl groups excluding tert-OH is 1. The molecule has 100 valence electrons. The number of nitrogens with zero attached hydrogens (tertiary/aromatic N) is 2. The third-order valence-electron chi connectivity index (χ3n) is 2.97. The van der Waals surface area contributed by atoms with E-state index >= 15 is 0 Å². The number of carbonyl (C=O) groups excluding carboxylic acids is 1. The van der Waals surface area contributed by atoms with E-state index in [0.29, 0.717) is 11.4 Å². The number of likely N-dealkylation sites (N-methyl/N-ethyl adjacent to an activating group) is 2. The summed E-state index contributed by atoms with van der Waals surface area (Å²) < 4.78 is 0. The van der Waals surface area contributed by atoms with Crippen LogP contribution in [0.1, 0.15) is 5.56 Å². The van der Waals surface area contributed by atoms with Crippen LogP contribution in [-0.4, -0.2) is 36.6 Å². The van der Waals surface area contributed by atoms with E-state index in [9.17, 15) is 9.90 Å². The van der Waals surface area contributed by atoms with Crippen LogP contribution in [0.3, 0.4) is 0 Å². The number of pyridine rings is 1. The molecule has 0 bridgehead atoms. The number of aliphatic hydroxyl groups is 1. The Morgan fingerprint density at radius 2 is 2.16 bits per heavy atom. The molecular weight excluding hydrogens is 242 g/mol. The minimum atomic E-state index is -0.106. The van der Waals surface area contributed by atoms with Gasteiger partial charge in [-0.25, -0.2) is 4.98 Å². The standard InChI is InChI=1S/C14H17N3O2/c1-15-13(19)8-17(2)14-11(9-18)7-10-5-3-4-6-12(10)16-14/h3-7,18H,8-9H2,1-2H3,(H,15,19). The molecule has 0 saturated heterocycles. The van der Waals surface area contributed by atoms with Crippen molar-refractivity contribution in [3.8, 4) is 0 Å². The van der Waals surface area contributed by atoms with Gasteiger partial charge < -0.3 is 15.3 Å². The van der Waals surface area contributed by atoms with Crippen molar-refractivity contribution in [2.75, 3.05) is 25.5 Å². The van der Waals surface area contributed by atoms with Gasteiger partial charge in [0, 0.05) is 25.0 Å². The van der Waals surface area contributed by atoms with Gasteiger partial charge in [0.2, 0.25) is 5.91 Å². The zero-order valence-electron chi connectivity index (χ0n) is 11.1. The summed E-state index contributed by atoms with van der Waals surface area (Å²) in [5.41, 5.74) is 1.56. The monoisotopic (exact) mass is 259 g/mol. The predicted octanol–water partition coefficient (Wildman–Crippen LogP) is 0.909. The first-order chi connectivity index (χ1) is 9.15. The minimum Gasteiger partial charge on any atom is -0.392 e. The van der Waals surface area contributed by atoms with Crippen LogP contribution in [0.2, 0.25) is 0 Å². The molecule has 0 aliphatic rings. The van der Waals surface area contributed by atoms with E-state index in [4.69, 9.17) is 0 Å². The van der Waals surface area contributed by atoms with Crippen LogP contribution >= 0.6 is 0 Å². The first-order valence-electron chi connectivity index (χ1n) is 6.07. The molecule has 1 heterocycles. The highest BCUT2D eigenvalue weighted by Gasteiger charge is 2.12. The second kappa shape index (κ2) is 5.67. The Morgan fingerprint density at radius 1 is 1.42 bits per heavy atom. The smallest absolute Gasteiger partial charge is 0.239 e. The number of amides is 1. The van der Waals surface area contributed by atoms with Crippen LogP contribution in [0.5, 0.6) is 0 Å². The normalized spacial score (nSPS) is 10.5. The van der Waals surface area contributed by atoms with Crippen molar-refractivity contribution in [2.45, 2.75) is 6.61 Å². The number of aromatic nitrogens is 1. The lowest BCUT2D eigenvalue weighted by Gasteiger charge is -2.20. The number of nitrogens with one attached hydrogen (secondary N) is 1. The number of para-hydroxylation sites is 1. The van der Waals surface area contributed by atoms with E-state index in [-0.39, 0.29) is 19.1 Å².